The quantitative estimate of drug-likeness (QED) is 0.284. The third-order valence-electron chi connectivity index (χ3n) is 5.46. The van der Waals surface area contributed by atoms with Crippen molar-refractivity contribution < 1.29 is 28.7 Å². The Bertz CT molecular complexity index is 1200. The van der Waals surface area contributed by atoms with E-state index in [1.54, 1.807) is 26.8 Å². The number of allylic oxidation sites excluding steroid dienone is 1. The number of rotatable bonds is 7. The van der Waals surface area contributed by atoms with E-state index in [0.717, 1.165) is 40.7 Å². The highest BCUT2D eigenvalue weighted by Gasteiger charge is 2.23. The van der Waals surface area contributed by atoms with Crippen LogP contribution in [0.15, 0.2) is 59.0 Å². The maximum absolute atomic E-state index is 11.9. The van der Waals surface area contributed by atoms with Crippen LogP contribution in [0.4, 0.5) is 9.59 Å². The van der Waals surface area contributed by atoms with Crippen LogP contribution in [0.3, 0.4) is 0 Å². The van der Waals surface area contributed by atoms with Gasteiger partial charge in [0.15, 0.2) is 0 Å². The molecule has 35 heavy (non-hydrogen) atoms. The molecule has 1 N–H and O–H groups in total. The zero-order valence-corrected chi connectivity index (χ0v) is 21.0. The second kappa shape index (κ2) is 11.1. The van der Waals surface area contributed by atoms with Crippen molar-refractivity contribution in [3.8, 4) is 0 Å². The Labute approximate surface area is 205 Å². The lowest BCUT2D eigenvalue weighted by Crippen LogP contribution is -2.35. The van der Waals surface area contributed by atoms with Gasteiger partial charge in [-0.2, -0.15) is 0 Å². The standard InChI is InChI=1S/C28H33NO6/c1-6-20(15-16-29(26(30)31)35-27(32)34-28(3,4)5)21-13-14-22-23(17-19-11-9-8-10-12-19)24(7-2)33-25(22)18-21/h8-15,18H,6-7,16-17H2,1-5H3,(H,30,31)/b20-15+. The SMILES string of the molecule is CC/C(=C\CN(OC(=O)OC(C)(C)C)C(=O)O)c1ccc2c(Cc3ccccc3)c(CC)oc2c1. The van der Waals surface area contributed by atoms with Crippen molar-refractivity contribution in [2.45, 2.75) is 59.5 Å². The van der Waals surface area contributed by atoms with Crippen molar-refractivity contribution in [2.75, 3.05) is 6.54 Å². The first-order valence-electron chi connectivity index (χ1n) is 11.8. The van der Waals surface area contributed by atoms with Gasteiger partial charge in [0.2, 0.25) is 0 Å². The van der Waals surface area contributed by atoms with E-state index >= 15 is 0 Å². The molecule has 0 aliphatic heterocycles. The molecule has 7 heteroatoms. The summed E-state index contributed by atoms with van der Waals surface area (Å²) in [5, 5.41) is 11.1. The average molecular weight is 480 g/mol. The van der Waals surface area contributed by atoms with Crippen LogP contribution in [-0.4, -0.2) is 34.6 Å². The van der Waals surface area contributed by atoms with E-state index in [-0.39, 0.29) is 6.54 Å². The smallest absolute Gasteiger partial charge is 0.463 e. The monoisotopic (exact) mass is 479 g/mol. The second-order valence-corrected chi connectivity index (χ2v) is 9.21. The summed E-state index contributed by atoms with van der Waals surface area (Å²) in [6.07, 6.45) is 1.52. The third kappa shape index (κ3) is 6.88. The molecule has 0 unspecified atom stereocenters. The van der Waals surface area contributed by atoms with Gasteiger partial charge in [-0.05, 0) is 50.0 Å². The maximum atomic E-state index is 11.9. The first-order chi connectivity index (χ1) is 16.6. The molecule has 0 atom stereocenters. The lowest BCUT2D eigenvalue weighted by Gasteiger charge is -2.22. The van der Waals surface area contributed by atoms with E-state index in [0.29, 0.717) is 11.5 Å². The van der Waals surface area contributed by atoms with Gasteiger partial charge in [0.25, 0.3) is 0 Å². The summed E-state index contributed by atoms with van der Waals surface area (Å²) in [7, 11) is 0. The van der Waals surface area contributed by atoms with Crippen molar-refractivity contribution in [2.24, 2.45) is 0 Å². The average Bonchev–Trinajstić information content (AvgIpc) is 3.14. The normalized spacial score (nSPS) is 12.0. The van der Waals surface area contributed by atoms with Crippen LogP contribution >= 0.6 is 0 Å². The van der Waals surface area contributed by atoms with Gasteiger partial charge in [0.1, 0.15) is 16.9 Å². The number of hydrogen-bond acceptors (Lipinski definition) is 5. The highest BCUT2D eigenvalue weighted by molar-refractivity contribution is 5.86. The van der Waals surface area contributed by atoms with Crippen molar-refractivity contribution in [1.29, 1.82) is 0 Å². The lowest BCUT2D eigenvalue weighted by atomic mass is 9.98. The van der Waals surface area contributed by atoms with Gasteiger partial charge in [-0.3, -0.25) is 4.84 Å². The van der Waals surface area contributed by atoms with Crippen LogP contribution in [-0.2, 0) is 22.4 Å². The van der Waals surface area contributed by atoms with Gasteiger partial charge in [0.05, 0.1) is 6.54 Å². The molecule has 0 fully saturated rings. The number of nitrogens with zero attached hydrogens (tertiary/aromatic N) is 1. The minimum atomic E-state index is -1.39. The van der Waals surface area contributed by atoms with Crippen LogP contribution < -0.4 is 0 Å². The Morgan fingerprint density at radius 2 is 1.80 bits per heavy atom. The molecule has 0 aliphatic rings. The number of aryl methyl sites for hydroxylation is 1. The van der Waals surface area contributed by atoms with E-state index in [9.17, 15) is 14.7 Å². The van der Waals surface area contributed by atoms with Crippen molar-refractivity contribution in [1.82, 2.24) is 5.06 Å². The molecule has 3 aromatic rings. The molecule has 0 saturated heterocycles. The van der Waals surface area contributed by atoms with Crippen LogP contribution in [0.5, 0.6) is 0 Å². The number of furan rings is 1. The molecule has 186 valence electrons. The van der Waals surface area contributed by atoms with Crippen LogP contribution in [0.2, 0.25) is 0 Å². The number of hydroxylamine groups is 2. The molecule has 0 saturated carbocycles. The Balaban J connectivity index is 1.84. The third-order valence-corrected chi connectivity index (χ3v) is 5.46. The summed E-state index contributed by atoms with van der Waals surface area (Å²) in [6.45, 7) is 8.96. The maximum Gasteiger partial charge on any atom is 0.534 e. The van der Waals surface area contributed by atoms with Crippen molar-refractivity contribution in [3.63, 3.8) is 0 Å². The highest BCUT2D eigenvalue weighted by Crippen LogP contribution is 2.31. The fraction of sp³-hybridized carbons (Fsp3) is 0.357. The minimum absolute atomic E-state index is 0.132. The summed E-state index contributed by atoms with van der Waals surface area (Å²) in [6, 6.07) is 16.3. The number of hydrogen-bond donors (Lipinski definition) is 1. The number of carbonyl (C=O) groups excluding carboxylic acids is 1. The predicted molar refractivity (Wildman–Crippen MR) is 135 cm³/mol. The molecule has 1 amide bonds. The number of ether oxygens (including phenoxy) is 1. The Hall–Kier alpha value is -3.74. The van der Waals surface area contributed by atoms with Gasteiger partial charge in [-0.1, -0.05) is 62.4 Å². The zero-order chi connectivity index (χ0) is 25.6. The Morgan fingerprint density at radius 3 is 2.40 bits per heavy atom. The predicted octanol–water partition coefficient (Wildman–Crippen LogP) is 7.23. The number of amides is 1. The first-order valence-corrected chi connectivity index (χ1v) is 11.8. The van der Waals surface area contributed by atoms with E-state index < -0.39 is 17.8 Å². The van der Waals surface area contributed by atoms with E-state index in [1.807, 2.05) is 37.3 Å². The molecule has 1 aromatic heterocycles. The fourth-order valence-electron chi connectivity index (χ4n) is 3.85. The van der Waals surface area contributed by atoms with Crippen LogP contribution in [0.25, 0.3) is 16.5 Å². The molecular weight excluding hydrogens is 446 g/mol. The molecule has 0 radical (unpaired) electrons. The number of benzene rings is 2. The molecule has 3 rings (SSSR count). The summed E-state index contributed by atoms with van der Waals surface area (Å²) >= 11 is 0. The van der Waals surface area contributed by atoms with Gasteiger partial charge >= 0.3 is 12.2 Å². The van der Waals surface area contributed by atoms with Gasteiger partial charge in [-0.15, -0.1) is 5.06 Å². The minimum Gasteiger partial charge on any atom is -0.463 e. The number of carboxylic acid groups (broad SMARTS) is 1. The molecule has 0 spiro atoms. The summed E-state index contributed by atoms with van der Waals surface area (Å²) in [4.78, 5) is 28.4. The molecule has 0 bridgehead atoms. The van der Waals surface area contributed by atoms with Crippen LogP contribution in [0, 0.1) is 0 Å². The topological polar surface area (TPSA) is 89.2 Å². The molecule has 7 nitrogen and oxygen atoms in total. The summed E-state index contributed by atoms with van der Waals surface area (Å²) in [5.41, 5.74) is 4.24. The van der Waals surface area contributed by atoms with Gasteiger partial charge in [-0.25, -0.2) is 9.59 Å². The highest BCUT2D eigenvalue weighted by atomic mass is 16.8. The van der Waals surface area contributed by atoms with E-state index in [1.165, 1.54) is 11.1 Å². The number of fused-ring (bicyclic) bond motifs is 1. The van der Waals surface area contributed by atoms with Crippen molar-refractivity contribution in [3.05, 3.63) is 77.1 Å². The summed E-state index contributed by atoms with van der Waals surface area (Å²) in [5.74, 6) is 0.964. The Morgan fingerprint density at radius 1 is 1.09 bits per heavy atom. The summed E-state index contributed by atoms with van der Waals surface area (Å²) < 4.78 is 11.3. The second-order valence-electron chi connectivity index (χ2n) is 9.21. The molecular formula is C28H33NO6. The lowest BCUT2D eigenvalue weighted by molar-refractivity contribution is -0.116. The van der Waals surface area contributed by atoms with Gasteiger partial charge in [0, 0.05) is 23.8 Å². The number of carbonyl (C=O) groups is 2. The van der Waals surface area contributed by atoms with E-state index in [2.05, 4.69) is 25.1 Å². The largest absolute Gasteiger partial charge is 0.534 e. The van der Waals surface area contributed by atoms with Crippen LogP contribution in [0.1, 0.15) is 63.5 Å². The first kappa shape index (κ1) is 25.9. The zero-order valence-electron chi connectivity index (χ0n) is 21.0. The fourth-order valence-corrected chi connectivity index (χ4v) is 3.85. The van der Waals surface area contributed by atoms with E-state index in [4.69, 9.17) is 14.0 Å². The Kier molecular flexibility index (Phi) is 8.22. The van der Waals surface area contributed by atoms with Gasteiger partial charge < -0.3 is 14.3 Å². The molecule has 2 aromatic carbocycles. The molecule has 1 heterocycles. The molecule has 0 aliphatic carbocycles. The van der Waals surface area contributed by atoms with Crippen molar-refractivity contribution >= 4 is 28.8 Å².